The van der Waals surface area contributed by atoms with E-state index in [9.17, 15) is 5.11 Å². The second kappa shape index (κ2) is 6.04. The van der Waals surface area contributed by atoms with Crippen molar-refractivity contribution in [3.8, 4) is 0 Å². The fraction of sp³-hybridized carbons (Fsp3) is 1.00. The summed E-state index contributed by atoms with van der Waals surface area (Å²) < 4.78 is 6.21. The molecule has 3 aliphatic rings. The lowest BCUT2D eigenvalue weighted by Crippen LogP contribution is -2.48. The van der Waals surface area contributed by atoms with Crippen molar-refractivity contribution < 1.29 is 9.84 Å². The molecule has 2 bridgehead atoms. The van der Waals surface area contributed by atoms with Crippen molar-refractivity contribution >= 4 is 0 Å². The lowest BCUT2D eigenvalue weighted by atomic mass is 9.70. The van der Waals surface area contributed by atoms with Crippen molar-refractivity contribution in [2.45, 2.75) is 52.2 Å². The van der Waals surface area contributed by atoms with E-state index in [1.165, 1.54) is 19.3 Å². The maximum atomic E-state index is 10.3. The van der Waals surface area contributed by atoms with Gasteiger partial charge in [0.2, 0.25) is 0 Å². The predicted molar refractivity (Wildman–Crippen MR) is 88.9 cm³/mol. The van der Waals surface area contributed by atoms with Gasteiger partial charge in [-0.3, -0.25) is 4.90 Å². The summed E-state index contributed by atoms with van der Waals surface area (Å²) in [5, 5.41) is 10.3. The average molecular weight is 310 g/mol. The molecule has 2 saturated carbocycles. The average Bonchev–Trinajstić information content (AvgIpc) is 2.80. The van der Waals surface area contributed by atoms with E-state index in [4.69, 9.17) is 4.74 Å². The molecule has 0 amide bonds. The molecule has 4 nitrogen and oxygen atoms in total. The minimum Gasteiger partial charge on any atom is -0.389 e. The second-order valence-electron chi connectivity index (χ2n) is 8.69. The fourth-order valence-corrected chi connectivity index (χ4v) is 4.99. The smallest absolute Gasteiger partial charge is 0.0900 e. The van der Waals surface area contributed by atoms with E-state index >= 15 is 0 Å². The molecule has 0 aromatic carbocycles. The van der Waals surface area contributed by atoms with Crippen molar-refractivity contribution in [1.82, 2.24) is 9.80 Å². The van der Waals surface area contributed by atoms with Gasteiger partial charge >= 0.3 is 0 Å². The molecular formula is C18H34N2O2. The number of β-amino-alcohol motifs (C(OH)–C–C–N with tert-alkyl or cyclic N) is 1. The Kier molecular flexibility index (Phi) is 4.59. The van der Waals surface area contributed by atoms with Crippen LogP contribution in [0.5, 0.6) is 0 Å². The largest absolute Gasteiger partial charge is 0.389 e. The van der Waals surface area contributed by atoms with Crippen LogP contribution in [0.15, 0.2) is 0 Å². The highest BCUT2D eigenvalue weighted by Gasteiger charge is 2.61. The lowest BCUT2D eigenvalue weighted by Gasteiger charge is -2.39. The van der Waals surface area contributed by atoms with E-state index in [1.807, 2.05) is 0 Å². The van der Waals surface area contributed by atoms with Crippen molar-refractivity contribution in [2.24, 2.45) is 16.7 Å². The first-order valence-electron chi connectivity index (χ1n) is 9.03. The zero-order valence-electron chi connectivity index (χ0n) is 14.8. The first-order chi connectivity index (χ1) is 10.3. The summed E-state index contributed by atoms with van der Waals surface area (Å²) in [7, 11) is 2.16. The molecule has 1 saturated heterocycles. The Hall–Kier alpha value is -0.160. The summed E-state index contributed by atoms with van der Waals surface area (Å²) in [6, 6.07) is 0. The van der Waals surface area contributed by atoms with Gasteiger partial charge in [-0.15, -0.1) is 0 Å². The van der Waals surface area contributed by atoms with Crippen molar-refractivity contribution in [3.63, 3.8) is 0 Å². The quantitative estimate of drug-likeness (QED) is 0.840. The number of hydrogen-bond donors (Lipinski definition) is 1. The van der Waals surface area contributed by atoms with Crippen LogP contribution in [0.25, 0.3) is 0 Å². The van der Waals surface area contributed by atoms with Gasteiger partial charge in [0.15, 0.2) is 0 Å². The first-order valence-corrected chi connectivity index (χ1v) is 9.03. The Morgan fingerprint density at radius 1 is 1.18 bits per heavy atom. The summed E-state index contributed by atoms with van der Waals surface area (Å²) in [6.45, 7) is 12.8. The number of hydrogen-bond acceptors (Lipinski definition) is 4. The molecule has 3 rings (SSSR count). The number of likely N-dealkylation sites (N-methyl/N-ethyl adjacent to an activating group) is 1. The molecule has 1 aliphatic heterocycles. The predicted octanol–water partition coefficient (Wildman–Crippen LogP) is 1.83. The third-order valence-corrected chi connectivity index (χ3v) is 7.27. The highest BCUT2D eigenvalue weighted by Crippen LogP contribution is 2.66. The summed E-state index contributed by atoms with van der Waals surface area (Å²) in [4.78, 5) is 4.71. The molecule has 4 heteroatoms. The summed E-state index contributed by atoms with van der Waals surface area (Å²) in [5.41, 5.74) is 0.686. The van der Waals surface area contributed by atoms with Crippen LogP contribution < -0.4 is 0 Å². The number of fused-ring (bicyclic) bond motifs is 2. The topological polar surface area (TPSA) is 35.9 Å². The van der Waals surface area contributed by atoms with Crippen LogP contribution in [-0.4, -0.2) is 73.5 Å². The van der Waals surface area contributed by atoms with Gasteiger partial charge in [0.25, 0.3) is 0 Å². The summed E-state index contributed by atoms with van der Waals surface area (Å²) in [6.07, 6.45) is 3.81. The normalized spacial score (nSPS) is 40.2. The van der Waals surface area contributed by atoms with E-state index in [1.54, 1.807) is 0 Å². The molecule has 0 aromatic rings. The van der Waals surface area contributed by atoms with Crippen LogP contribution in [0, 0.1) is 16.7 Å². The van der Waals surface area contributed by atoms with Gasteiger partial charge < -0.3 is 14.7 Å². The lowest BCUT2D eigenvalue weighted by molar-refractivity contribution is -0.0804. The van der Waals surface area contributed by atoms with E-state index in [0.717, 1.165) is 38.6 Å². The monoisotopic (exact) mass is 310 g/mol. The van der Waals surface area contributed by atoms with E-state index in [2.05, 4.69) is 37.6 Å². The Labute approximate surface area is 135 Å². The molecular weight excluding hydrogens is 276 g/mol. The molecule has 1 heterocycles. The minimum absolute atomic E-state index is 0.297. The van der Waals surface area contributed by atoms with Crippen LogP contribution >= 0.6 is 0 Å². The number of aliphatic hydroxyl groups is 1. The highest BCUT2D eigenvalue weighted by molar-refractivity contribution is 5.11. The van der Waals surface area contributed by atoms with E-state index in [0.29, 0.717) is 23.5 Å². The zero-order chi connectivity index (χ0) is 16.0. The fourth-order valence-electron chi connectivity index (χ4n) is 4.99. The number of ether oxygens (including phenoxy) is 1. The minimum atomic E-state index is -0.353. The Balaban J connectivity index is 1.45. The maximum Gasteiger partial charge on any atom is 0.0900 e. The molecule has 0 spiro atoms. The van der Waals surface area contributed by atoms with Crippen LogP contribution in [-0.2, 0) is 4.74 Å². The Morgan fingerprint density at radius 3 is 2.41 bits per heavy atom. The molecule has 0 aromatic heterocycles. The van der Waals surface area contributed by atoms with E-state index in [-0.39, 0.29) is 6.10 Å². The van der Waals surface area contributed by atoms with Crippen molar-refractivity contribution in [2.75, 3.05) is 46.4 Å². The summed E-state index contributed by atoms with van der Waals surface area (Å²) >= 11 is 0. The standard InChI is InChI=1S/C18H34N2O2/c1-17(2)14-5-6-18(17,3)16(11-14)22-13-15(21)12-20-9-7-19(4)8-10-20/h14-16,21H,5-13H2,1-4H3/t14-,15-,16+,18-/m1/s1. The van der Waals surface area contributed by atoms with Gasteiger partial charge in [-0.05, 0) is 43.1 Å². The molecule has 0 radical (unpaired) electrons. The van der Waals surface area contributed by atoms with Crippen LogP contribution in [0.3, 0.4) is 0 Å². The number of nitrogens with zero attached hydrogens (tertiary/aromatic N) is 2. The van der Waals surface area contributed by atoms with Gasteiger partial charge in [0, 0.05) is 32.7 Å². The van der Waals surface area contributed by atoms with Gasteiger partial charge in [-0.1, -0.05) is 20.8 Å². The van der Waals surface area contributed by atoms with Crippen molar-refractivity contribution in [1.29, 1.82) is 0 Å². The van der Waals surface area contributed by atoms with Gasteiger partial charge in [0.05, 0.1) is 18.8 Å². The third-order valence-electron chi connectivity index (χ3n) is 7.27. The zero-order valence-corrected chi connectivity index (χ0v) is 14.8. The van der Waals surface area contributed by atoms with Gasteiger partial charge in [-0.25, -0.2) is 0 Å². The molecule has 0 unspecified atom stereocenters. The van der Waals surface area contributed by atoms with Gasteiger partial charge in [0.1, 0.15) is 0 Å². The van der Waals surface area contributed by atoms with E-state index < -0.39 is 0 Å². The van der Waals surface area contributed by atoms with Crippen LogP contribution in [0.2, 0.25) is 0 Å². The second-order valence-corrected chi connectivity index (χ2v) is 8.69. The molecule has 1 N–H and O–H groups in total. The number of aliphatic hydroxyl groups excluding tert-OH is 1. The third kappa shape index (κ3) is 2.83. The molecule has 128 valence electrons. The number of piperazine rings is 1. The van der Waals surface area contributed by atoms with Crippen molar-refractivity contribution in [3.05, 3.63) is 0 Å². The highest BCUT2D eigenvalue weighted by atomic mass is 16.5. The SMILES string of the molecule is CN1CCN(C[C@@H](O)CO[C@H]2C[C@H]3CC[C@@]2(C)C3(C)C)CC1. The van der Waals surface area contributed by atoms with Crippen LogP contribution in [0.1, 0.15) is 40.0 Å². The molecule has 3 fully saturated rings. The Bertz CT molecular complexity index is 393. The van der Waals surface area contributed by atoms with Gasteiger partial charge in [-0.2, -0.15) is 0 Å². The summed E-state index contributed by atoms with van der Waals surface area (Å²) in [5.74, 6) is 0.803. The molecule has 2 aliphatic carbocycles. The van der Waals surface area contributed by atoms with Crippen LogP contribution in [0.4, 0.5) is 0 Å². The molecule has 4 atom stereocenters. The molecule has 22 heavy (non-hydrogen) atoms. The first kappa shape index (κ1) is 16.7. The Morgan fingerprint density at radius 2 is 1.86 bits per heavy atom. The number of rotatable bonds is 5. The maximum absolute atomic E-state index is 10.3.